The average molecular weight is 253 g/mol. The number of alkyl halides is 3. The standard InChI is InChI=1S/C13H10F3NO/c14-13(15,16)11-6-4-10(5-7-11)9-18-12-3-1-2-8-17-12/h1-8H,9H2. The molecule has 18 heavy (non-hydrogen) atoms. The highest BCUT2D eigenvalue weighted by atomic mass is 19.4. The van der Waals surface area contributed by atoms with Gasteiger partial charge in [0.05, 0.1) is 5.56 Å². The Labute approximate surface area is 102 Å². The van der Waals surface area contributed by atoms with Gasteiger partial charge in [0.15, 0.2) is 0 Å². The van der Waals surface area contributed by atoms with E-state index in [0.717, 1.165) is 12.1 Å². The van der Waals surface area contributed by atoms with Crippen molar-refractivity contribution in [3.05, 3.63) is 59.8 Å². The summed E-state index contributed by atoms with van der Waals surface area (Å²) in [7, 11) is 0. The van der Waals surface area contributed by atoms with Crippen molar-refractivity contribution in [2.75, 3.05) is 0 Å². The van der Waals surface area contributed by atoms with Crippen LogP contribution < -0.4 is 4.74 Å². The number of ether oxygens (including phenoxy) is 1. The Morgan fingerprint density at radius 1 is 1.00 bits per heavy atom. The van der Waals surface area contributed by atoms with E-state index in [4.69, 9.17) is 4.74 Å². The molecule has 0 saturated heterocycles. The number of pyridine rings is 1. The van der Waals surface area contributed by atoms with Crippen molar-refractivity contribution in [1.82, 2.24) is 4.98 Å². The van der Waals surface area contributed by atoms with Gasteiger partial charge < -0.3 is 4.74 Å². The van der Waals surface area contributed by atoms with Crippen molar-refractivity contribution in [3.8, 4) is 5.88 Å². The lowest BCUT2D eigenvalue weighted by Gasteiger charge is -2.08. The van der Waals surface area contributed by atoms with E-state index in [2.05, 4.69) is 4.98 Å². The molecule has 0 aliphatic rings. The van der Waals surface area contributed by atoms with Crippen molar-refractivity contribution in [3.63, 3.8) is 0 Å². The first-order valence-corrected chi connectivity index (χ1v) is 5.26. The summed E-state index contributed by atoms with van der Waals surface area (Å²) in [6.45, 7) is 0.190. The Kier molecular flexibility index (Phi) is 3.50. The van der Waals surface area contributed by atoms with Crippen molar-refractivity contribution in [2.45, 2.75) is 12.8 Å². The summed E-state index contributed by atoms with van der Waals surface area (Å²) in [4.78, 5) is 3.95. The molecular weight excluding hydrogens is 243 g/mol. The monoisotopic (exact) mass is 253 g/mol. The predicted octanol–water partition coefficient (Wildman–Crippen LogP) is 3.68. The van der Waals surface area contributed by atoms with Gasteiger partial charge in [0.1, 0.15) is 6.61 Å². The summed E-state index contributed by atoms with van der Waals surface area (Å²) in [5.41, 5.74) is -0.00209. The van der Waals surface area contributed by atoms with Crippen LogP contribution in [-0.2, 0) is 12.8 Å². The average Bonchev–Trinajstić information content (AvgIpc) is 2.37. The van der Waals surface area contributed by atoms with Crippen LogP contribution in [0.15, 0.2) is 48.7 Å². The summed E-state index contributed by atoms with van der Waals surface area (Å²) in [5, 5.41) is 0. The van der Waals surface area contributed by atoms with Crippen LogP contribution in [0, 0.1) is 0 Å². The van der Waals surface area contributed by atoms with Gasteiger partial charge in [-0.25, -0.2) is 4.98 Å². The van der Waals surface area contributed by atoms with Crippen LogP contribution in [0.3, 0.4) is 0 Å². The minimum Gasteiger partial charge on any atom is -0.473 e. The number of nitrogens with zero attached hydrogens (tertiary/aromatic N) is 1. The topological polar surface area (TPSA) is 22.1 Å². The summed E-state index contributed by atoms with van der Waals surface area (Å²) in [6.07, 6.45) is -2.72. The number of hydrogen-bond acceptors (Lipinski definition) is 2. The van der Waals surface area contributed by atoms with Gasteiger partial charge in [-0.3, -0.25) is 0 Å². The normalized spacial score (nSPS) is 11.3. The van der Waals surface area contributed by atoms with Crippen LogP contribution in [0.25, 0.3) is 0 Å². The summed E-state index contributed by atoms with van der Waals surface area (Å²) < 4.78 is 42.3. The number of benzene rings is 1. The molecule has 1 aromatic carbocycles. The summed E-state index contributed by atoms with van der Waals surface area (Å²) in [5.74, 6) is 0.442. The molecule has 2 aromatic rings. The summed E-state index contributed by atoms with van der Waals surface area (Å²) in [6, 6.07) is 10.1. The number of rotatable bonds is 3. The SMILES string of the molecule is FC(F)(F)c1ccc(COc2ccccn2)cc1. The van der Waals surface area contributed by atoms with Gasteiger partial charge in [0, 0.05) is 12.3 Å². The summed E-state index contributed by atoms with van der Waals surface area (Å²) >= 11 is 0. The number of hydrogen-bond donors (Lipinski definition) is 0. The molecule has 0 saturated carbocycles. The molecule has 0 aliphatic heterocycles. The highest BCUT2D eigenvalue weighted by Crippen LogP contribution is 2.29. The van der Waals surface area contributed by atoms with Crippen LogP contribution in [0.1, 0.15) is 11.1 Å². The van der Waals surface area contributed by atoms with Crippen LogP contribution in [0.2, 0.25) is 0 Å². The second-order valence-electron chi connectivity index (χ2n) is 3.65. The van der Waals surface area contributed by atoms with Crippen LogP contribution in [-0.4, -0.2) is 4.98 Å². The molecule has 0 aliphatic carbocycles. The van der Waals surface area contributed by atoms with E-state index in [1.807, 2.05) is 0 Å². The van der Waals surface area contributed by atoms with Gasteiger partial charge in [-0.1, -0.05) is 18.2 Å². The first kappa shape index (κ1) is 12.4. The van der Waals surface area contributed by atoms with E-state index in [-0.39, 0.29) is 6.61 Å². The second-order valence-corrected chi connectivity index (χ2v) is 3.65. The van der Waals surface area contributed by atoms with Crippen molar-refractivity contribution >= 4 is 0 Å². The molecule has 5 heteroatoms. The molecule has 0 atom stereocenters. The minimum atomic E-state index is -4.31. The fourth-order valence-electron chi connectivity index (χ4n) is 1.38. The number of halogens is 3. The van der Waals surface area contributed by atoms with Crippen LogP contribution >= 0.6 is 0 Å². The second kappa shape index (κ2) is 5.08. The Morgan fingerprint density at radius 3 is 2.28 bits per heavy atom. The highest BCUT2D eigenvalue weighted by molar-refractivity contribution is 5.24. The lowest BCUT2D eigenvalue weighted by atomic mass is 10.1. The van der Waals surface area contributed by atoms with Crippen molar-refractivity contribution in [1.29, 1.82) is 0 Å². The zero-order valence-electron chi connectivity index (χ0n) is 9.32. The third kappa shape index (κ3) is 3.23. The van der Waals surface area contributed by atoms with Crippen LogP contribution in [0.4, 0.5) is 13.2 Å². The molecule has 0 N–H and O–H groups in total. The molecule has 1 aromatic heterocycles. The van der Waals surface area contributed by atoms with Gasteiger partial charge in [0.2, 0.25) is 5.88 Å². The highest BCUT2D eigenvalue weighted by Gasteiger charge is 2.29. The van der Waals surface area contributed by atoms with E-state index in [1.54, 1.807) is 24.4 Å². The third-order valence-electron chi connectivity index (χ3n) is 2.31. The Balaban J connectivity index is 1.99. The van der Waals surface area contributed by atoms with Crippen molar-refractivity contribution < 1.29 is 17.9 Å². The lowest BCUT2D eigenvalue weighted by Crippen LogP contribution is -2.05. The minimum absolute atomic E-state index is 0.190. The lowest BCUT2D eigenvalue weighted by molar-refractivity contribution is -0.137. The molecule has 2 rings (SSSR count). The zero-order chi connectivity index (χ0) is 13.0. The molecule has 1 heterocycles. The smallest absolute Gasteiger partial charge is 0.416 e. The van der Waals surface area contributed by atoms with E-state index >= 15 is 0 Å². The zero-order valence-corrected chi connectivity index (χ0v) is 9.32. The number of aromatic nitrogens is 1. The quantitative estimate of drug-likeness (QED) is 0.832. The first-order chi connectivity index (χ1) is 8.55. The molecule has 0 spiro atoms. The molecule has 0 fully saturated rings. The Morgan fingerprint density at radius 2 is 1.72 bits per heavy atom. The maximum absolute atomic E-state index is 12.3. The molecule has 2 nitrogen and oxygen atoms in total. The fraction of sp³-hybridized carbons (Fsp3) is 0.154. The molecule has 94 valence electrons. The Bertz CT molecular complexity index is 494. The Hall–Kier alpha value is -2.04. The largest absolute Gasteiger partial charge is 0.473 e. The van der Waals surface area contributed by atoms with Gasteiger partial charge in [0.25, 0.3) is 0 Å². The molecule has 0 amide bonds. The molecule has 0 unspecified atom stereocenters. The van der Waals surface area contributed by atoms with E-state index in [1.165, 1.54) is 12.1 Å². The maximum atomic E-state index is 12.3. The molecule has 0 bridgehead atoms. The predicted molar refractivity (Wildman–Crippen MR) is 60.0 cm³/mol. The van der Waals surface area contributed by atoms with Gasteiger partial charge >= 0.3 is 6.18 Å². The van der Waals surface area contributed by atoms with E-state index in [0.29, 0.717) is 11.4 Å². The van der Waals surface area contributed by atoms with Gasteiger partial charge in [-0.05, 0) is 23.8 Å². The maximum Gasteiger partial charge on any atom is 0.416 e. The van der Waals surface area contributed by atoms with Crippen molar-refractivity contribution in [2.24, 2.45) is 0 Å². The molecular formula is C13H10F3NO. The van der Waals surface area contributed by atoms with Gasteiger partial charge in [-0.15, -0.1) is 0 Å². The first-order valence-electron chi connectivity index (χ1n) is 5.26. The third-order valence-corrected chi connectivity index (χ3v) is 2.31. The van der Waals surface area contributed by atoms with Gasteiger partial charge in [-0.2, -0.15) is 13.2 Å². The van der Waals surface area contributed by atoms with E-state index < -0.39 is 11.7 Å². The van der Waals surface area contributed by atoms with Crippen LogP contribution in [0.5, 0.6) is 5.88 Å². The van der Waals surface area contributed by atoms with E-state index in [9.17, 15) is 13.2 Å². The fourth-order valence-corrected chi connectivity index (χ4v) is 1.38. The molecule has 0 radical (unpaired) electrons.